The number of benzene rings is 1. The lowest BCUT2D eigenvalue weighted by Gasteiger charge is -2.28. The minimum absolute atomic E-state index is 0.284. The maximum atomic E-state index is 11.7. The minimum Gasteiger partial charge on any atom is -0.371 e. The third-order valence-corrected chi connectivity index (χ3v) is 5.59. The quantitative estimate of drug-likeness (QED) is 0.686. The highest BCUT2D eigenvalue weighted by molar-refractivity contribution is 7.85. The monoisotopic (exact) mass is 311 g/mol. The normalized spacial score (nSPS) is 20.9. The molecular weight excluding hydrogens is 290 g/mol. The highest BCUT2D eigenvalue weighted by Crippen LogP contribution is 2.35. The zero-order valence-corrected chi connectivity index (χ0v) is 14.0. The first-order valence-electron chi connectivity index (χ1n) is 6.64. The molecule has 1 N–H and O–H groups in total. The van der Waals surface area contributed by atoms with Crippen LogP contribution >= 0.6 is 0 Å². The third-order valence-electron chi connectivity index (χ3n) is 3.05. The van der Waals surface area contributed by atoms with E-state index in [9.17, 15) is 8.42 Å². The van der Waals surface area contributed by atoms with Crippen LogP contribution in [-0.4, -0.2) is 16.5 Å². The van der Waals surface area contributed by atoms with Gasteiger partial charge in [0, 0.05) is 13.6 Å². The molecule has 2 rings (SSSR count). The Kier molecular flexibility index (Phi) is 4.08. The van der Waals surface area contributed by atoms with E-state index in [-0.39, 0.29) is 6.04 Å². The molecule has 0 radical (unpaired) electrons. The van der Waals surface area contributed by atoms with Crippen LogP contribution in [0.3, 0.4) is 0 Å². The maximum absolute atomic E-state index is 11.7. The van der Waals surface area contributed by atoms with E-state index in [0.717, 1.165) is 17.2 Å². The van der Waals surface area contributed by atoms with Gasteiger partial charge in [0.1, 0.15) is 5.75 Å². The Labute approximate surface area is 122 Å². The molecule has 0 bridgehead atoms. The van der Waals surface area contributed by atoms with Crippen molar-refractivity contribution in [3.63, 3.8) is 0 Å². The van der Waals surface area contributed by atoms with Crippen LogP contribution in [0, 0.1) is 0 Å². The van der Waals surface area contributed by atoms with Gasteiger partial charge in [-0.25, -0.2) is 0 Å². The topological polar surface area (TPSA) is 55.4 Å². The van der Waals surface area contributed by atoms with E-state index >= 15 is 0 Å². The van der Waals surface area contributed by atoms with Gasteiger partial charge in [0.05, 0.1) is 6.04 Å². The smallest absolute Gasteiger partial charge is 0.371 e. The van der Waals surface area contributed by atoms with Gasteiger partial charge in [0.2, 0.25) is 0 Å². The molecule has 0 amide bonds. The lowest BCUT2D eigenvalue weighted by Crippen LogP contribution is -2.37. The highest BCUT2D eigenvalue weighted by Gasteiger charge is 2.30. The molecule has 1 aliphatic rings. The van der Waals surface area contributed by atoms with Crippen LogP contribution in [0.15, 0.2) is 36.4 Å². The van der Waals surface area contributed by atoms with E-state index in [1.165, 1.54) is 0 Å². The maximum Gasteiger partial charge on any atom is 0.383 e. The molecule has 0 fully saturated rings. The first-order valence-corrected chi connectivity index (χ1v) is 11.8. The SMILES string of the molecule is C=C(C[C@@H]1NS(=O)(=O)Oc2ccccc21)C[Si](C)(C)C. The number of rotatable bonds is 4. The van der Waals surface area contributed by atoms with Crippen molar-refractivity contribution < 1.29 is 12.6 Å². The second kappa shape index (κ2) is 5.35. The molecule has 0 aliphatic carbocycles. The summed E-state index contributed by atoms with van der Waals surface area (Å²) in [6.45, 7) is 10.9. The average Bonchev–Trinajstić information content (AvgIpc) is 2.24. The van der Waals surface area contributed by atoms with Gasteiger partial charge in [-0.3, -0.25) is 0 Å². The lowest BCUT2D eigenvalue weighted by molar-refractivity contribution is 0.427. The molecule has 1 heterocycles. The number of hydrogen-bond acceptors (Lipinski definition) is 3. The molecule has 6 heteroatoms. The largest absolute Gasteiger partial charge is 0.383 e. The molecular formula is C14H21NO3SSi. The molecule has 20 heavy (non-hydrogen) atoms. The van der Waals surface area contributed by atoms with E-state index in [0.29, 0.717) is 12.2 Å². The van der Waals surface area contributed by atoms with Crippen molar-refractivity contribution in [2.45, 2.75) is 38.1 Å². The molecule has 1 atom stereocenters. The Bertz CT molecular complexity index is 620. The Morgan fingerprint density at radius 2 is 2.00 bits per heavy atom. The Hall–Kier alpha value is -1.11. The molecule has 0 spiro atoms. The number of hydrogen-bond donors (Lipinski definition) is 1. The number of fused-ring (bicyclic) bond motifs is 1. The predicted molar refractivity (Wildman–Crippen MR) is 83.8 cm³/mol. The highest BCUT2D eigenvalue weighted by atomic mass is 32.2. The van der Waals surface area contributed by atoms with Crippen molar-refractivity contribution in [2.75, 3.05) is 0 Å². The fraction of sp³-hybridized carbons (Fsp3) is 0.429. The summed E-state index contributed by atoms with van der Waals surface area (Å²) >= 11 is 0. The van der Waals surface area contributed by atoms with Gasteiger partial charge in [-0.05, 0) is 18.5 Å². The molecule has 110 valence electrons. The predicted octanol–water partition coefficient (Wildman–Crippen LogP) is 3.24. The zero-order chi connectivity index (χ0) is 15.0. The molecule has 1 aliphatic heterocycles. The number of para-hydroxylation sites is 1. The summed E-state index contributed by atoms with van der Waals surface area (Å²) in [5.41, 5.74) is 1.97. The average molecular weight is 311 g/mol. The molecule has 0 saturated carbocycles. The van der Waals surface area contributed by atoms with Crippen molar-refractivity contribution in [3.05, 3.63) is 42.0 Å². The third kappa shape index (κ3) is 3.94. The van der Waals surface area contributed by atoms with Crippen LogP contribution in [-0.2, 0) is 10.3 Å². The molecule has 1 aromatic carbocycles. The van der Waals surface area contributed by atoms with Crippen LogP contribution in [0.5, 0.6) is 5.75 Å². The Balaban J connectivity index is 2.22. The molecule has 0 aromatic heterocycles. The summed E-state index contributed by atoms with van der Waals surface area (Å²) in [6.07, 6.45) is 0.615. The van der Waals surface area contributed by atoms with E-state index < -0.39 is 18.4 Å². The van der Waals surface area contributed by atoms with Crippen LogP contribution < -0.4 is 8.91 Å². The number of nitrogens with one attached hydrogen (secondary N) is 1. The molecule has 1 aromatic rings. The second-order valence-corrected chi connectivity index (χ2v) is 13.2. The Morgan fingerprint density at radius 3 is 2.65 bits per heavy atom. The second-order valence-electron chi connectivity index (χ2n) is 6.44. The van der Waals surface area contributed by atoms with E-state index in [4.69, 9.17) is 4.18 Å². The summed E-state index contributed by atoms with van der Waals surface area (Å²) in [5, 5.41) is 0. The van der Waals surface area contributed by atoms with E-state index in [1.54, 1.807) is 12.1 Å². The van der Waals surface area contributed by atoms with Crippen LogP contribution in [0.2, 0.25) is 25.7 Å². The van der Waals surface area contributed by atoms with E-state index in [2.05, 4.69) is 30.9 Å². The van der Waals surface area contributed by atoms with Gasteiger partial charge < -0.3 is 4.18 Å². The standard InChI is InChI=1S/C14H21NO3SSi/c1-11(10-20(2,3)4)9-13-12-7-5-6-8-14(12)18-19(16,17)15-13/h5-8,13,15H,1,9-10H2,2-4H3/t13-/m0/s1. The first kappa shape index (κ1) is 15.3. The van der Waals surface area contributed by atoms with Gasteiger partial charge in [-0.2, -0.15) is 13.1 Å². The van der Waals surface area contributed by atoms with Gasteiger partial charge in [0.25, 0.3) is 0 Å². The van der Waals surface area contributed by atoms with Crippen LogP contribution in [0.4, 0.5) is 0 Å². The summed E-state index contributed by atoms with van der Waals surface area (Å²) in [4.78, 5) is 0. The summed E-state index contributed by atoms with van der Waals surface area (Å²) in [7, 11) is -4.95. The lowest BCUT2D eigenvalue weighted by atomic mass is 10.0. The van der Waals surface area contributed by atoms with Crippen LogP contribution in [0.1, 0.15) is 18.0 Å². The van der Waals surface area contributed by atoms with E-state index in [1.807, 2.05) is 12.1 Å². The van der Waals surface area contributed by atoms with Gasteiger partial charge in [-0.15, -0.1) is 6.58 Å². The van der Waals surface area contributed by atoms with Gasteiger partial charge >= 0.3 is 10.3 Å². The summed E-state index contributed by atoms with van der Waals surface area (Å²) in [5.74, 6) is 0.414. The van der Waals surface area contributed by atoms with Crippen molar-refractivity contribution >= 4 is 18.4 Å². The van der Waals surface area contributed by atoms with Crippen molar-refractivity contribution in [1.29, 1.82) is 0 Å². The first-order chi connectivity index (χ1) is 9.16. The molecule has 4 nitrogen and oxygen atoms in total. The van der Waals surface area contributed by atoms with Crippen molar-refractivity contribution in [1.82, 2.24) is 4.72 Å². The van der Waals surface area contributed by atoms with Gasteiger partial charge in [-0.1, -0.05) is 43.4 Å². The summed E-state index contributed by atoms with van der Waals surface area (Å²) in [6, 6.07) is 7.94. The molecule has 0 unspecified atom stereocenters. The fourth-order valence-electron chi connectivity index (χ4n) is 2.49. The minimum atomic E-state index is -3.71. The Morgan fingerprint density at radius 1 is 1.35 bits per heavy atom. The summed E-state index contributed by atoms with van der Waals surface area (Å²) < 4.78 is 31.0. The molecule has 0 saturated heterocycles. The van der Waals surface area contributed by atoms with Crippen LogP contribution in [0.25, 0.3) is 0 Å². The van der Waals surface area contributed by atoms with Crippen molar-refractivity contribution in [3.8, 4) is 5.75 Å². The zero-order valence-electron chi connectivity index (χ0n) is 12.1. The van der Waals surface area contributed by atoms with Crippen molar-refractivity contribution in [2.24, 2.45) is 0 Å². The fourth-order valence-corrected chi connectivity index (χ4v) is 5.13. The van der Waals surface area contributed by atoms with Gasteiger partial charge in [0.15, 0.2) is 0 Å².